The van der Waals surface area contributed by atoms with Crippen LogP contribution in [0.2, 0.25) is 0 Å². The van der Waals surface area contributed by atoms with E-state index in [1.807, 2.05) is 13.1 Å². The minimum atomic E-state index is -0.154. The van der Waals surface area contributed by atoms with Gasteiger partial charge in [0.1, 0.15) is 5.82 Å². The first-order chi connectivity index (χ1) is 7.29. The van der Waals surface area contributed by atoms with Crippen LogP contribution in [0, 0.1) is 5.82 Å². The van der Waals surface area contributed by atoms with Gasteiger partial charge in [-0.2, -0.15) is 0 Å². The van der Waals surface area contributed by atoms with Crippen molar-refractivity contribution in [3.63, 3.8) is 0 Å². The van der Waals surface area contributed by atoms with Gasteiger partial charge in [0, 0.05) is 24.8 Å². The Labute approximate surface area is 90.1 Å². The van der Waals surface area contributed by atoms with E-state index in [1.165, 1.54) is 18.9 Å². The molecule has 0 aromatic heterocycles. The molecule has 0 amide bonds. The molecule has 0 bridgehead atoms. The molecule has 1 aliphatic heterocycles. The third-order valence-corrected chi connectivity index (χ3v) is 3.00. The summed E-state index contributed by atoms with van der Waals surface area (Å²) in [6.07, 6.45) is 2.38. The van der Waals surface area contributed by atoms with Crippen LogP contribution in [0.25, 0.3) is 0 Å². The van der Waals surface area contributed by atoms with Crippen LogP contribution in [0.1, 0.15) is 12.8 Å². The Morgan fingerprint density at radius 1 is 1.47 bits per heavy atom. The van der Waals surface area contributed by atoms with Crippen LogP contribution in [0.3, 0.4) is 0 Å². The summed E-state index contributed by atoms with van der Waals surface area (Å²) in [6.45, 7) is 2.00. The van der Waals surface area contributed by atoms with E-state index in [0.29, 0.717) is 6.04 Å². The largest absolute Gasteiger partial charge is 0.370 e. The second-order valence-electron chi connectivity index (χ2n) is 4.05. The standard InChI is InChI=1S/C12H17FN2/c1-14-11-5-3-7-15(9-11)12-6-2-4-10(13)8-12/h2,4,6,8,11,14H,3,5,7,9H2,1H3. The van der Waals surface area contributed by atoms with Gasteiger partial charge in [0.15, 0.2) is 0 Å². The number of hydrogen-bond donors (Lipinski definition) is 1. The zero-order chi connectivity index (χ0) is 10.7. The highest BCUT2D eigenvalue weighted by Crippen LogP contribution is 2.20. The van der Waals surface area contributed by atoms with Crippen molar-refractivity contribution in [3.8, 4) is 0 Å². The Morgan fingerprint density at radius 2 is 2.33 bits per heavy atom. The van der Waals surface area contributed by atoms with Crippen LogP contribution in [-0.4, -0.2) is 26.2 Å². The molecule has 82 valence electrons. The monoisotopic (exact) mass is 208 g/mol. The number of rotatable bonds is 2. The third-order valence-electron chi connectivity index (χ3n) is 3.00. The molecule has 0 radical (unpaired) electrons. The first-order valence-corrected chi connectivity index (χ1v) is 5.47. The summed E-state index contributed by atoms with van der Waals surface area (Å²) >= 11 is 0. The van der Waals surface area contributed by atoms with Gasteiger partial charge in [-0.05, 0) is 38.1 Å². The highest BCUT2D eigenvalue weighted by atomic mass is 19.1. The quantitative estimate of drug-likeness (QED) is 0.800. The lowest BCUT2D eigenvalue weighted by atomic mass is 10.1. The summed E-state index contributed by atoms with van der Waals surface area (Å²) in [5.74, 6) is -0.154. The van der Waals surface area contributed by atoms with Crippen molar-refractivity contribution >= 4 is 5.69 Å². The Morgan fingerprint density at radius 3 is 3.07 bits per heavy atom. The van der Waals surface area contributed by atoms with Gasteiger partial charge >= 0.3 is 0 Å². The van der Waals surface area contributed by atoms with Crippen molar-refractivity contribution in [3.05, 3.63) is 30.1 Å². The van der Waals surface area contributed by atoms with Crippen LogP contribution >= 0.6 is 0 Å². The Bertz CT molecular complexity index is 327. The Kier molecular flexibility index (Phi) is 3.21. The molecule has 2 nitrogen and oxygen atoms in total. The van der Waals surface area contributed by atoms with Gasteiger partial charge in [-0.3, -0.25) is 0 Å². The minimum Gasteiger partial charge on any atom is -0.370 e. The second kappa shape index (κ2) is 4.62. The molecule has 1 atom stereocenters. The molecule has 1 heterocycles. The molecule has 3 heteroatoms. The molecule has 0 saturated carbocycles. The molecule has 1 saturated heterocycles. The summed E-state index contributed by atoms with van der Waals surface area (Å²) in [4.78, 5) is 2.24. The lowest BCUT2D eigenvalue weighted by Gasteiger charge is -2.34. The highest BCUT2D eigenvalue weighted by molar-refractivity contribution is 5.47. The molecule has 1 N–H and O–H groups in total. The van der Waals surface area contributed by atoms with E-state index >= 15 is 0 Å². The lowest BCUT2D eigenvalue weighted by molar-refractivity contribution is 0.449. The van der Waals surface area contributed by atoms with Gasteiger partial charge in [0.2, 0.25) is 0 Å². The van der Waals surface area contributed by atoms with Crippen LogP contribution in [0.5, 0.6) is 0 Å². The summed E-state index contributed by atoms with van der Waals surface area (Å²) in [5.41, 5.74) is 0.995. The van der Waals surface area contributed by atoms with E-state index in [9.17, 15) is 4.39 Å². The predicted molar refractivity (Wildman–Crippen MR) is 60.7 cm³/mol. The van der Waals surface area contributed by atoms with Crippen LogP contribution < -0.4 is 10.2 Å². The molecular weight excluding hydrogens is 191 g/mol. The number of likely N-dealkylation sites (N-methyl/N-ethyl adjacent to an activating group) is 1. The number of nitrogens with zero attached hydrogens (tertiary/aromatic N) is 1. The van der Waals surface area contributed by atoms with Crippen molar-refractivity contribution < 1.29 is 4.39 Å². The third kappa shape index (κ3) is 2.48. The van der Waals surface area contributed by atoms with Gasteiger partial charge in [0.25, 0.3) is 0 Å². The highest BCUT2D eigenvalue weighted by Gasteiger charge is 2.18. The molecule has 1 fully saturated rings. The maximum Gasteiger partial charge on any atom is 0.125 e. The maximum atomic E-state index is 13.1. The van der Waals surface area contributed by atoms with E-state index < -0.39 is 0 Å². The SMILES string of the molecule is CNC1CCCN(c2cccc(F)c2)C1. The van der Waals surface area contributed by atoms with E-state index in [-0.39, 0.29) is 5.82 Å². The van der Waals surface area contributed by atoms with Crippen molar-refractivity contribution in [2.24, 2.45) is 0 Å². The molecule has 1 aromatic carbocycles. The average molecular weight is 208 g/mol. The predicted octanol–water partition coefficient (Wildman–Crippen LogP) is 2.01. The van der Waals surface area contributed by atoms with Gasteiger partial charge in [-0.15, -0.1) is 0 Å². The first-order valence-electron chi connectivity index (χ1n) is 5.47. The summed E-state index contributed by atoms with van der Waals surface area (Å²) in [7, 11) is 1.99. The average Bonchev–Trinajstić information content (AvgIpc) is 2.29. The fraction of sp³-hybridized carbons (Fsp3) is 0.500. The number of anilines is 1. The van der Waals surface area contributed by atoms with Crippen molar-refractivity contribution in [1.29, 1.82) is 0 Å². The normalized spacial score (nSPS) is 21.7. The van der Waals surface area contributed by atoms with Crippen LogP contribution in [-0.2, 0) is 0 Å². The molecule has 0 spiro atoms. The molecule has 1 aromatic rings. The molecule has 15 heavy (non-hydrogen) atoms. The smallest absolute Gasteiger partial charge is 0.125 e. The maximum absolute atomic E-state index is 13.1. The van der Waals surface area contributed by atoms with Crippen molar-refractivity contribution in [1.82, 2.24) is 5.32 Å². The van der Waals surface area contributed by atoms with E-state index in [0.717, 1.165) is 18.8 Å². The second-order valence-corrected chi connectivity index (χ2v) is 4.05. The van der Waals surface area contributed by atoms with Gasteiger partial charge < -0.3 is 10.2 Å². The minimum absolute atomic E-state index is 0.154. The number of benzene rings is 1. The van der Waals surface area contributed by atoms with Gasteiger partial charge in [-0.25, -0.2) is 4.39 Å². The van der Waals surface area contributed by atoms with E-state index in [1.54, 1.807) is 12.1 Å². The summed E-state index contributed by atoms with van der Waals surface area (Å²) in [6, 6.07) is 7.37. The van der Waals surface area contributed by atoms with Crippen LogP contribution in [0.4, 0.5) is 10.1 Å². The molecule has 1 aliphatic rings. The zero-order valence-electron chi connectivity index (χ0n) is 9.04. The van der Waals surface area contributed by atoms with Crippen molar-refractivity contribution in [2.75, 3.05) is 25.0 Å². The first kappa shape index (κ1) is 10.4. The zero-order valence-corrected chi connectivity index (χ0v) is 9.04. The molecule has 1 unspecified atom stereocenters. The topological polar surface area (TPSA) is 15.3 Å². The lowest BCUT2D eigenvalue weighted by Crippen LogP contribution is -2.44. The van der Waals surface area contributed by atoms with Crippen LogP contribution in [0.15, 0.2) is 24.3 Å². The molecular formula is C12H17FN2. The number of hydrogen-bond acceptors (Lipinski definition) is 2. The molecule has 0 aliphatic carbocycles. The number of halogens is 1. The van der Waals surface area contributed by atoms with Gasteiger partial charge in [-0.1, -0.05) is 6.07 Å². The van der Waals surface area contributed by atoms with Crippen molar-refractivity contribution in [2.45, 2.75) is 18.9 Å². The summed E-state index contributed by atoms with van der Waals surface area (Å²) in [5, 5.41) is 3.28. The Hall–Kier alpha value is -1.09. The number of nitrogens with one attached hydrogen (secondary N) is 1. The van der Waals surface area contributed by atoms with Gasteiger partial charge in [0.05, 0.1) is 0 Å². The van der Waals surface area contributed by atoms with E-state index in [2.05, 4.69) is 10.2 Å². The number of piperidine rings is 1. The fourth-order valence-corrected chi connectivity index (χ4v) is 2.12. The fourth-order valence-electron chi connectivity index (χ4n) is 2.12. The Balaban J connectivity index is 2.09. The van der Waals surface area contributed by atoms with E-state index in [4.69, 9.17) is 0 Å². The molecule has 2 rings (SSSR count). The summed E-state index contributed by atoms with van der Waals surface area (Å²) < 4.78 is 13.1.